The molecule has 0 aliphatic rings. The Bertz CT molecular complexity index is 468. The summed E-state index contributed by atoms with van der Waals surface area (Å²) < 4.78 is 13.2. The van der Waals surface area contributed by atoms with Crippen LogP contribution in [-0.2, 0) is 37.5 Å². The van der Waals surface area contributed by atoms with Crippen molar-refractivity contribution in [3.63, 3.8) is 0 Å². The number of halogens is 1. The minimum absolute atomic E-state index is 0. The van der Waals surface area contributed by atoms with E-state index < -0.39 is 7.26 Å². The monoisotopic (exact) mass is 373 g/mol. The summed E-state index contributed by atoms with van der Waals surface area (Å²) >= 11 is 0. The normalized spacial score (nSPS) is 12.6. The minimum atomic E-state index is -1.23. The summed E-state index contributed by atoms with van der Waals surface area (Å²) in [5.74, 6) is -0.222. The Morgan fingerprint density at radius 3 is 2.15 bits per heavy atom. The molecule has 0 saturated heterocycles. The SMILES string of the molecule is CC[P+](C)(C)C(C)C(=O)Nc1c(C)cc(F)cc1C.[Y]. The van der Waals surface area contributed by atoms with Crippen molar-refractivity contribution in [2.24, 2.45) is 0 Å². The van der Waals surface area contributed by atoms with Gasteiger partial charge < -0.3 is 5.32 Å². The van der Waals surface area contributed by atoms with Gasteiger partial charge in [0.25, 0.3) is 5.91 Å². The molecule has 0 aliphatic heterocycles. The predicted octanol–water partition coefficient (Wildman–Crippen LogP) is 4.06. The number of hydrogen-bond acceptors (Lipinski definition) is 1. The van der Waals surface area contributed by atoms with Crippen LogP contribution in [0, 0.1) is 19.7 Å². The first-order chi connectivity index (χ1) is 8.69. The molecule has 0 bridgehead atoms. The van der Waals surface area contributed by atoms with Crippen LogP contribution in [0.3, 0.4) is 0 Å². The number of rotatable bonds is 4. The van der Waals surface area contributed by atoms with Crippen LogP contribution in [0.4, 0.5) is 10.1 Å². The van der Waals surface area contributed by atoms with Gasteiger partial charge in [0.2, 0.25) is 0 Å². The standard InChI is InChI=1S/C15H23FNOP.Y/c1-7-19(5,6)12(4)15(18)17-14-10(2)8-13(16)9-11(14)3;/h8-9,12H,7H2,1-6H3;/p+1. The fourth-order valence-electron chi connectivity index (χ4n) is 1.93. The molecule has 0 heterocycles. The molecule has 0 spiro atoms. The van der Waals surface area contributed by atoms with Gasteiger partial charge in [-0.05, 0) is 51.0 Å². The van der Waals surface area contributed by atoms with E-state index in [9.17, 15) is 9.18 Å². The number of carbonyl (C=O) groups excluding carboxylic acids is 1. The van der Waals surface area contributed by atoms with E-state index in [-0.39, 0.29) is 50.1 Å². The van der Waals surface area contributed by atoms with Crippen LogP contribution < -0.4 is 5.32 Å². The van der Waals surface area contributed by atoms with E-state index in [1.54, 1.807) is 0 Å². The number of nitrogens with one attached hydrogen (secondary N) is 1. The Hall–Kier alpha value is 0.154. The van der Waals surface area contributed by atoms with Gasteiger partial charge in [0.1, 0.15) is 11.5 Å². The molecule has 20 heavy (non-hydrogen) atoms. The maximum Gasteiger partial charge on any atom is 0.264 e. The van der Waals surface area contributed by atoms with Crippen molar-refractivity contribution < 1.29 is 41.9 Å². The number of aryl methyl sites for hydroxylation is 2. The van der Waals surface area contributed by atoms with Crippen LogP contribution in [0.25, 0.3) is 0 Å². The summed E-state index contributed by atoms with van der Waals surface area (Å²) in [6.07, 6.45) is 1.04. The van der Waals surface area contributed by atoms with Gasteiger partial charge in [-0.15, -0.1) is 0 Å². The van der Waals surface area contributed by atoms with Gasteiger partial charge in [-0.3, -0.25) is 4.79 Å². The molecule has 0 saturated carbocycles. The molecule has 0 aliphatic carbocycles. The minimum Gasteiger partial charge on any atom is -0.322 e. The first-order valence-corrected chi connectivity index (χ1v) is 9.53. The molecular weight excluding hydrogens is 349 g/mol. The molecule has 1 atom stereocenters. The first kappa shape index (κ1) is 20.2. The first-order valence-electron chi connectivity index (χ1n) is 6.59. The number of carbonyl (C=O) groups is 1. The van der Waals surface area contributed by atoms with Gasteiger partial charge in [-0.25, -0.2) is 4.39 Å². The third kappa shape index (κ3) is 4.86. The maximum atomic E-state index is 13.2. The van der Waals surface area contributed by atoms with E-state index in [2.05, 4.69) is 25.6 Å². The molecule has 1 radical (unpaired) electrons. The van der Waals surface area contributed by atoms with Crippen LogP contribution >= 0.6 is 7.26 Å². The Morgan fingerprint density at radius 1 is 1.30 bits per heavy atom. The Morgan fingerprint density at radius 2 is 1.75 bits per heavy atom. The zero-order chi connectivity index (χ0) is 14.8. The summed E-state index contributed by atoms with van der Waals surface area (Å²) in [5.41, 5.74) is 2.30. The second-order valence-electron chi connectivity index (χ2n) is 5.67. The molecule has 1 unspecified atom stereocenters. The van der Waals surface area contributed by atoms with E-state index in [4.69, 9.17) is 0 Å². The number of amides is 1. The summed E-state index contributed by atoms with van der Waals surface area (Å²) in [6, 6.07) is 2.90. The van der Waals surface area contributed by atoms with Gasteiger partial charge in [-0.1, -0.05) is 0 Å². The predicted molar refractivity (Wildman–Crippen MR) is 83.3 cm³/mol. The summed E-state index contributed by atoms with van der Waals surface area (Å²) in [6.45, 7) is 12.1. The average Bonchev–Trinajstić information content (AvgIpc) is 2.32. The summed E-state index contributed by atoms with van der Waals surface area (Å²) in [7, 11) is -1.23. The quantitative estimate of drug-likeness (QED) is 0.793. The Kier molecular flexibility index (Phi) is 8.03. The van der Waals surface area contributed by atoms with Gasteiger partial charge in [0.05, 0.1) is 6.16 Å². The van der Waals surface area contributed by atoms with Crippen LogP contribution in [-0.4, -0.2) is 31.1 Å². The molecule has 5 heteroatoms. The molecule has 109 valence electrons. The summed E-state index contributed by atoms with van der Waals surface area (Å²) in [4.78, 5) is 12.3. The van der Waals surface area contributed by atoms with E-state index in [0.29, 0.717) is 0 Å². The fraction of sp³-hybridized carbons (Fsp3) is 0.533. The largest absolute Gasteiger partial charge is 0.322 e. The van der Waals surface area contributed by atoms with Crippen LogP contribution in [0.15, 0.2) is 12.1 Å². The van der Waals surface area contributed by atoms with Crippen molar-refractivity contribution in [2.45, 2.75) is 33.4 Å². The van der Waals surface area contributed by atoms with E-state index in [0.717, 1.165) is 23.0 Å². The van der Waals surface area contributed by atoms with E-state index in [1.165, 1.54) is 12.1 Å². The number of anilines is 1. The van der Waals surface area contributed by atoms with Crippen molar-refractivity contribution in [2.75, 3.05) is 24.8 Å². The summed E-state index contributed by atoms with van der Waals surface area (Å²) in [5, 5.41) is 2.97. The second kappa shape index (κ2) is 7.96. The van der Waals surface area contributed by atoms with Crippen molar-refractivity contribution >= 4 is 18.9 Å². The molecular formula is C15H24FNOPY+. The molecule has 0 fully saturated rings. The van der Waals surface area contributed by atoms with E-state index >= 15 is 0 Å². The number of hydrogen-bond donors (Lipinski definition) is 1. The molecule has 1 rings (SSSR count). The molecule has 1 aromatic rings. The van der Waals surface area contributed by atoms with Crippen molar-refractivity contribution in [1.29, 1.82) is 0 Å². The van der Waals surface area contributed by atoms with Crippen LogP contribution in [0.2, 0.25) is 0 Å². The molecule has 0 aromatic heterocycles. The smallest absolute Gasteiger partial charge is 0.264 e. The number of benzene rings is 1. The van der Waals surface area contributed by atoms with Crippen LogP contribution in [0.5, 0.6) is 0 Å². The van der Waals surface area contributed by atoms with Gasteiger partial charge in [-0.2, -0.15) is 0 Å². The van der Waals surface area contributed by atoms with Crippen molar-refractivity contribution in [3.8, 4) is 0 Å². The topological polar surface area (TPSA) is 29.1 Å². The van der Waals surface area contributed by atoms with Crippen LogP contribution in [0.1, 0.15) is 25.0 Å². The Balaban J connectivity index is 0.00000361. The van der Waals surface area contributed by atoms with E-state index in [1.807, 2.05) is 20.8 Å². The molecule has 1 amide bonds. The molecule has 1 aromatic carbocycles. The fourth-order valence-corrected chi connectivity index (χ4v) is 3.17. The zero-order valence-corrected chi connectivity index (χ0v) is 17.0. The maximum absolute atomic E-state index is 13.2. The van der Waals surface area contributed by atoms with Gasteiger partial charge >= 0.3 is 0 Å². The van der Waals surface area contributed by atoms with Gasteiger partial charge in [0, 0.05) is 59.0 Å². The van der Waals surface area contributed by atoms with Crippen molar-refractivity contribution in [3.05, 3.63) is 29.1 Å². The average molecular weight is 373 g/mol. The van der Waals surface area contributed by atoms with Gasteiger partial charge in [0.15, 0.2) is 0 Å². The molecule has 1 N–H and O–H groups in total. The zero-order valence-electron chi connectivity index (χ0n) is 13.2. The third-order valence-corrected chi connectivity index (χ3v) is 7.95. The third-order valence-electron chi connectivity index (χ3n) is 3.99. The van der Waals surface area contributed by atoms with Crippen molar-refractivity contribution in [1.82, 2.24) is 0 Å². The molecule has 2 nitrogen and oxygen atoms in total. The Labute approximate surface area is 147 Å². The second-order valence-corrected chi connectivity index (χ2v) is 10.6.